The van der Waals surface area contributed by atoms with E-state index >= 15 is 0 Å². The Balaban J connectivity index is 0.00000205. The van der Waals surface area contributed by atoms with Crippen molar-refractivity contribution in [2.24, 2.45) is 13.0 Å². The predicted molar refractivity (Wildman–Crippen MR) is 118 cm³/mol. The molecule has 2 N–H and O–H groups in total. The van der Waals surface area contributed by atoms with Gasteiger partial charge in [-0.15, -0.1) is 23.7 Å². The lowest BCUT2D eigenvalue weighted by Crippen LogP contribution is -2.28. The number of hydrogen-bond donors (Lipinski definition) is 2. The number of nitrogens with one attached hydrogen (secondary N) is 2. The molecule has 0 bridgehead atoms. The first-order chi connectivity index (χ1) is 13.7. The molecule has 1 fully saturated rings. The van der Waals surface area contributed by atoms with Crippen LogP contribution in [-0.2, 0) is 24.7 Å². The van der Waals surface area contributed by atoms with Crippen LogP contribution < -0.4 is 10.6 Å². The van der Waals surface area contributed by atoms with Crippen molar-refractivity contribution in [1.29, 1.82) is 0 Å². The summed E-state index contributed by atoms with van der Waals surface area (Å²) in [6.07, 6.45) is 7.42. The normalized spacial score (nSPS) is 20.3. The number of fused-ring (bicyclic) bond motifs is 1. The minimum atomic E-state index is -0.114. The molecule has 2 aliphatic rings. The number of carbonyl (C=O) groups is 1. The number of carbonyl (C=O) groups excluding carboxylic acids is 1. The standard InChI is InChI=1S/C21H23N5OS.ClH/c1-26-11-16(8-23-26)17-9-22-10-18(17)20(27)25-21-24-19(12-28-21)15-6-5-13-3-2-4-14(13)7-15;/h5-8,11-12,17-18,22H,2-4,9-10H2,1H3,(H,24,25,27);1H/t17-,18+;/m1./s1. The van der Waals surface area contributed by atoms with Crippen molar-refractivity contribution >= 4 is 34.8 Å². The van der Waals surface area contributed by atoms with Crippen LogP contribution in [0.15, 0.2) is 36.0 Å². The van der Waals surface area contributed by atoms with E-state index < -0.39 is 0 Å². The maximum Gasteiger partial charge on any atom is 0.231 e. The number of halogens is 1. The first-order valence-corrected chi connectivity index (χ1v) is 10.6. The van der Waals surface area contributed by atoms with Gasteiger partial charge in [0.15, 0.2) is 5.13 Å². The first-order valence-electron chi connectivity index (χ1n) is 9.75. The molecule has 2 atom stereocenters. The topological polar surface area (TPSA) is 71.8 Å². The average molecular weight is 430 g/mol. The summed E-state index contributed by atoms with van der Waals surface area (Å²) in [6.45, 7) is 1.47. The molecule has 1 amide bonds. The summed E-state index contributed by atoms with van der Waals surface area (Å²) in [6, 6.07) is 6.62. The molecule has 29 heavy (non-hydrogen) atoms. The van der Waals surface area contributed by atoms with Gasteiger partial charge < -0.3 is 10.6 Å². The van der Waals surface area contributed by atoms with Gasteiger partial charge in [0.1, 0.15) is 0 Å². The van der Waals surface area contributed by atoms with Crippen molar-refractivity contribution in [2.45, 2.75) is 25.2 Å². The number of aromatic nitrogens is 3. The number of anilines is 1. The molecular weight excluding hydrogens is 406 g/mol. The second-order valence-corrected chi connectivity index (χ2v) is 8.54. The third-order valence-corrected chi connectivity index (χ3v) is 6.59. The summed E-state index contributed by atoms with van der Waals surface area (Å²) in [5, 5.41) is 13.3. The number of benzene rings is 1. The Bertz CT molecular complexity index is 1030. The van der Waals surface area contributed by atoms with Gasteiger partial charge >= 0.3 is 0 Å². The molecule has 8 heteroatoms. The third-order valence-electron chi connectivity index (χ3n) is 5.83. The van der Waals surface area contributed by atoms with Crippen LogP contribution in [0.25, 0.3) is 11.3 Å². The zero-order chi connectivity index (χ0) is 19.1. The minimum Gasteiger partial charge on any atom is -0.315 e. The summed E-state index contributed by atoms with van der Waals surface area (Å²) in [4.78, 5) is 17.6. The molecule has 0 saturated carbocycles. The predicted octanol–water partition coefficient (Wildman–Crippen LogP) is 3.40. The third kappa shape index (κ3) is 3.95. The average Bonchev–Trinajstić information content (AvgIpc) is 3.47. The fourth-order valence-corrected chi connectivity index (χ4v) is 5.05. The monoisotopic (exact) mass is 429 g/mol. The van der Waals surface area contributed by atoms with Gasteiger partial charge in [0.25, 0.3) is 0 Å². The molecule has 0 radical (unpaired) electrons. The summed E-state index contributed by atoms with van der Waals surface area (Å²) >= 11 is 1.49. The van der Waals surface area contributed by atoms with Gasteiger partial charge in [-0.3, -0.25) is 9.48 Å². The lowest BCUT2D eigenvalue weighted by Gasteiger charge is -2.15. The number of aryl methyl sites for hydroxylation is 3. The Morgan fingerprint density at radius 3 is 2.97 bits per heavy atom. The quantitative estimate of drug-likeness (QED) is 0.666. The molecule has 0 unspecified atom stereocenters. The summed E-state index contributed by atoms with van der Waals surface area (Å²) in [7, 11) is 1.90. The van der Waals surface area contributed by atoms with E-state index in [1.807, 2.05) is 24.8 Å². The van der Waals surface area contributed by atoms with Crippen LogP contribution in [0.4, 0.5) is 5.13 Å². The smallest absolute Gasteiger partial charge is 0.231 e. The number of hydrogen-bond acceptors (Lipinski definition) is 5. The van der Waals surface area contributed by atoms with Crippen molar-refractivity contribution in [1.82, 2.24) is 20.1 Å². The number of amides is 1. The molecule has 3 heterocycles. The summed E-state index contributed by atoms with van der Waals surface area (Å²) < 4.78 is 1.78. The van der Waals surface area contributed by atoms with Crippen LogP contribution in [0.2, 0.25) is 0 Å². The first kappa shape index (κ1) is 20.1. The molecule has 1 aliphatic carbocycles. The summed E-state index contributed by atoms with van der Waals surface area (Å²) in [5.41, 5.74) is 6.07. The molecule has 1 saturated heterocycles. The molecule has 6 nitrogen and oxygen atoms in total. The highest BCUT2D eigenvalue weighted by atomic mass is 35.5. The van der Waals surface area contributed by atoms with E-state index in [9.17, 15) is 4.79 Å². The van der Waals surface area contributed by atoms with Crippen molar-refractivity contribution < 1.29 is 4.79 Å². The van der Waals surface area contributed by atoms with Gasteiger partial charge in [0.05, 0.1) is 17.8 Å². The largest absolute Gasteiger partial charge is 0.315 e. The van der Waals surface area contributed by atoms with Crippen molar-refractivity contribution in [3.05, 3.63) is 52.7 Å². The molecular formula is C21H24ClN5OS. The number of rotatable bonds is 4. The Labute approximate surface area is 180 Å². The van der Waals surface area contributed by atoms with Crippen LogP contribution in [0.1, 0.15) is 29.0 Å². The van der Waals surface area contributed by atoms with Gasteiger partial charge in [-0.2, -0.15) is 5.10 Å². The molecule has 5 rings (SSSR count). The lowest BCUT2D eigenvalue weighted by atomic mass is 9.90. The van der Waals surface area contributed by atoms with E-state index in [4.69, 9.17) is 0 Å². The zero-order valence-electron chi connectivity index (χ0n) is 16.2. The maximum absolute atomic E-state index is 12.9. The van der Waals surface area contributed by atoms with E-state index in [2.05, 4.69) is 38.9 Å². The van der Waals surface area contributed by atoms with E-state index in [1.54, 1.807) is 4.68 Å². The van der Waals surface area contributed by atoms with Crippen LogP contribution in [-0.4, -0.2) is 33.8 Å². The van der Waals surface area contributed by atoms with Crippen LogP contribution in [0, 0.1) is 5.92 Å². The van der Waals surface area contributed by atoms with Crippen LogP contribution in [0.5, 0.6) is 0 Å². The highest BCUT2D eigenvalue weighted by Gasteiger charge is 2.35. The van der Waals surface area contributed by atoms with Crippen LogP contribution in [0.3, 0.4) is 0 Å². The van der Waals surface area contributed by atoms with Crippen molar-refractivity contribution in [2.75, 3.05) is 18.4 Å². The van der Waals surface area contributed by atoms with E-state index in [0.717, 1.165) is 29.8 Å². The van der Waals surface area contributed by atoms with Gasteiger partial charge in [-0.25, -0.2) is 4.98 Å². The van der Waals surface area contributed by atoms with Crippen molar-refractivity contribution in [3.63, 3.8) is 0 Å². The zero-order valence-corrected chi connectivity index (χ0v) is 17.9. The van der Waals surface area contributed by atoms with Gasteiger partial charge in [0.2, 0.25) is 5.91 Å². The minimum absolute atomic E-state index is 0. The van der Waals surface area contributed by atoms with E-state index in [0.29, 0.717) is 11.7 Å². The van der Waals surface area contributed by atoms with Gasteiger partial charge in [-0.05, 0) is 42.0 Å². The van der Waals surface area contributed by atoms with Gasteiger partial charge in [-0.1, -0.05) is 12.1 Å². The Hall–Kier alpha value is -2.22. The fraction of sp³-hybridized carbons (Fsp3) is 0.381. The number of thiazole rings is 1. The van der Waals surface area contributed by atoms with E-state index in [-0.39, 0.29) is 30.2 Å². The highest BCUT2D eigenvalue weighted by molar-refractivity contribution is 7.14. The Kier molecular flexibility index (Phi) is 5.72. The SMILES string of the molecule is Cl.Cn1cc([C@H]2CNC[C@@H]2C(=O)Nc2nc(-c3ccc4c(c3)CCC4)cs2)cn1. The second-order valence-electron chi connectivity index (χ2n) is 7.68. The Morgan fingerprint density at radius 1 is 1.28 bits per heavy atom. The molecule has 1 aromatic carbocycles. The summed E-state index contributed by atoms with van der Waals surface area (Å²) in [5.74, 6) is 0.0510. The van der Waals surface area contributed by atoms with Crippen LogP contribution >= 0.6 is 23.7 Å². The number of nitrogens with zero attached hydrogens (tertiary/aromatic N) is 3. The van der Waals surface area contributed by atoms with Crippen molar-refractivity contribution in [3.8, 4) is 11.3 Å². The highest BCUT2D eigenvalue weighted by Crippen LogP contribution is 2.32. The maximum atomic E-state index is 12.9. The Morgan fingerprint density at radius 2 is 2.14 bits per heavy atom. The molecule has 2 aromatic heterocycles. The lowest BCUT2D eigenvalue weighted by molar-refractivity contribution is -0.119. The second kappa shape index (κ2) is 8.26. The van der Waals surface area contributed by atoms with E-state index in [1.165, 1.54) is 35.3 Å². The molecule has 152 valence electrons. The fourth-order valence-electron chi connectivity index (χ4n) is 4.33. The molecule has 3 aromatic rings. The molecule has 1 aliphatic heterocycles. The van der Waals surface area contributed by atoms with Gasteiger partial charge in [0, 0.05) is 43.2 Å². The molecule has 0 spiro atoms.